The van der Waals surface area contributed by atoms with E-state index in [-0.39, 0.29) is 0 Å². The lowest BCUT2D eigenvalue weighted by atomic mass is 10.3. The van der Waals surface area contributed by atoms with E-state index in [1.165, 1.54) is 17.4 Å². The quantitative estimate of drug-likeness (QED) is 0.744. The number of carbonyl (C=O) groups excluding carboxylic acids is 1. The van der Waals surface area contributed by atoms with Crippen LogP contribution < -0.4 is 16.1 Å². The lowest BCUT2D eigenvalue weighted by Crippen LogP contribution is -2.48. The highest BCUT2D eigenvalue weighted by Gasteiger charge is 2.34. The minimum absolute atomic E-state index is 0.475. The summed E-state index contributed by atoms with van der Waals surface area (Å²) < 4.78 is 0. The molecule has 0 spiro atoms. The van der Waals surface area contributed by atoms with Gasteiger partial charge in [-0.1, -0.05) is 12.1 Å². The maximum Gasteiger partial charge on any atom is 0.262 e. The van der Waals surface area contributed by atoms with Crippen molar-refractivity contribution in [2.75, 3.05) is 10.3 Å². The number of nitrogens with two attached hydrogens (primary N) is 1. The van der Waals surface area contributed by atoms with Gasteiger partial charge in [-0.2, -0.15) is 4.79 Å². The van der Waals surface area contributed by atoms with Crippen LogP contribution >= 0.6 is 0 Å². The molecule has 7 heteroatoms. The van der Waals surface area contributed by atoms with E-state index in [1.54, 1.807) is 5.01 Å². The molecule has 3 rings (SSSR count). The number of anilines is 2. The van der Waals surface area contributed by atoms with Crippen LogP contribution in [-0.4, -0.2) is 26.9 Å². The zero-order valence-electron chi connectivity index (χ0n) is 8.82. The normalized spacial score (nSPS) is 17.6. The molecule has 0 saturated carbocycles. The monoisotopic (exact) mass is 230 g/mol. The number of para-hydroxylation sites is 2. The molecule has 7 nitrogen and oxygen atoms in total. The van der Waals surface area contributed by atoms with E-state index in [0.29, 0.717) is 0 Å². The Kier molecular flexibility index (Phi) is 1.97. The number of nitrogens with one attached hydrogen (secondary N) is 1. The second-order valence-corrected chi connectivity index (χ2v) is 3.63. The van der Waals surface area contributed by atoms with E-state index < -0.39 is 12.1 Å². The molecule has 0 fully saturated rings. The second kappa shape index (κ2) is 3.48. The minimum Gasteiger partial charge on any atom is -0.366 e. The van der Waals surface area contributed by atoms with E-state index in [0.717, 1.165) is 11.4 Å². The van der Waals surface area contributed by atoms with Gasteiger partial charge in [0.2, 0.25) is 6.17 Å². The van der Waals surface area contributed by atoms with Crippen molar-refractivity contribution in [1.29, 1.82) is 0 Å². The summed E-state index contributed by atoms with van der Waals surface area (Å²) in [6.45, 7) is 0. The van der Waals surface area contributed by atoms with Crippen LogP contribution in [0.5, 0.6) is 0 Å². The summed E-state index contributed by atoms with van der Waals surface area (Å²) in [6, 6.07) is 7.53. The summed E-state index contributed by atoms with van der Waals surface area (Å²) in [7, 11) is 0. The average molecular weight is 230 g/mol. The van der Waals surface area contributed by atoms with E-state index in [2.05, 4.69) is 15.4 Å². The predicted molar refractivity (Wildman–Crippen MR) is 60.9 cm³/mol. The summed E-state index contributed by atoms with van der Waals surface area (Å²) in [5.74, 6) is -0.475. The molecule has 1 unspecified atom stereocenters. The van der Waals surface area contributed by atoms with E-state index in [4.69, 9.17) is 5.73 Å². The highest BCUT2D eigenvalue weighted by Crippen LogP contribution is 2.33. The fraction of sp³-hybridized carbons (Fsp3) is 0.100. The van der Waals surface area contributed by atoms with Gasteiger partial charge in [-0.15, -0.1) is 5.10 Å². The first-order chi connectivity index (χ1) is 8.27. The van der Waals surface area contributed by atoms with Crippen LogP contribution in [0, 0.1) is 0 Å². The number of hydrogen-bond donors (Lipinski definition) is 2. The van der Waals surface area contributed by atoms with Crippen molar-refractivity contribution >= 4 is 17.3 Å². The second-order valence-electron chi connectivity index (χ2n) is 3.63. The lowest BCUT2D eigenvalue weighted by Gasteiger charge is -2.22. The molecule has 1 amide bonds. The highest BCUT2D eigenvalue weighted by atomic mass is 16.2. The number of rotatable bonds is 2. The first-order valence-electron chi connectivity index (χ1n) is 5.06. The minimum atomic E-state index is -0.658. The van der Waals surface area contributed by atoms with Crippen LogP contribution in [0.4, 0.5) is 11.4 Å². The molecule has 17 heavy (non-hydrogen) atoms. The summed E-state index contributed by atoms with van der Waals surface area (Å²) in [5, 5.41) is 8.71. The highest BCUT2D eigenvalue weighted by molar-refractivity contribution is 5.92. The van der Waals surface area contributed by atoms with Crippen LogP contribution in [0.25, 0.3) is 0 Å². The number of amides is 1. The number of aromatic nitrogens is 3. The predicted octanol–water partition coefficient (Wildman–Crippen LogP) is -0.215. The third-order valence-electron chi connectivity index (χ3n) is 2.58. The van der Waals surface area contributed by atoms with Gasteiger partial charge < -0.3 is 11.1 Å². The molecular formula is C10H10N6O. The molecule has 1 aromatic heterocycles. The molecule has 86 valence electrons. The van der Waals surface area contributed by atoms with Crippen molar-refractivity contribution in [1.82, 2.24) is 14.9 Å². The van der Waals surface area contributed by atoms with Crippen molar-refractivity contribution < 1.29 is 4.79 Å². The Hall–Kier alpha value is -2.57. The van der Waals surface area contributed by atoms with Gasteiger partial charge in [-0.05, 0) is 12.1 Å². The van der Waals surface area contributed by atoms with Crippen LogP contribution in [0.1, 0.15) is 0 Å². The van der Waals surface area contributed by atoms with Gasteiger partial charge in [0.15, 0.2) is 0 Å². The standard InChI is InChI=1S/C10H10N6O/c11-9(17)10-14-7-3-1-2-4-8(7)16(10)15-6-12-5-13-15/h1-6,10,14H,(H2,11,17). The van der Waals surface area contributed by atoms with Gasteiger partial charge in [0.25, 0.3) is 5.91 Å². The van der Waals surface area contributed by atoms with Crippen molar-refractivity contribution in [3.05, 3.63) is 36.9 Å². The van der Waals surface area contributed by atoms with Gasteiger partial charge in [-0.25, -0.2) is 9.99 Å². The number of benzene rings is 1. The van der Waals surface area contributed by atoms with E-state index >= 15 is 0 Å². The Morgan fingerprint density at radius 1 is 1.41 bits per heavy atom. The first-order valence-corrected chi connectivity index (χ1v) is 5.06. The van der Waals surface area contributed by atoms with Crippen molar-refractivity contribution in [2.24, 2.45) is 5.73 Å². The van der Waals surface area contributed by atoms with Crippen molar-refractivity contribution in [3.8, 4) is 0 Å². The fourth-order valence-corrected chi connectivity index (χ4v) is 1.88. The third-order valence-corrected chi connectivity index (χ3v) is 2.58. The van der Waals surface area contributed by atoms with E-state index in [9.17, 15) is 4.79 Å². The molecule has 1 aromatic carbocycles. The first kappa shape index (κ1) is 9.64. The van der Waals surface area contributed by atoms with Crippen LogP contribution in [-0.2, 0) is 4.79 Å². The summed E-state index contributed by atoms with van der Waals surface area (Å²) in [6.07, 6.45) is 2.26. The van der Waals surface area contributed by atoms with Gasteiger partial charge in [0.05, 0.1) is 11.4 Å². The molecule has 0 saturated heterocycles. The Labute approximate surface area is 96.8 Å². The number of primary amides is 1. The Balaban J connectivity index is 2.11. The van der Waals surface area contributed by atoms with Crippen LogP contribution in [0.2, 0.25) is 0 Å². The van der Waals surface area contributed by atoms with Gasteiger partial charge >= 0.3 is 0 Å². The third kappa shape index (κ3) is 1.40. The molecular weight excluding hydrogens is 220 g/mol. The van der Waals surface area contributed by atoms with Crippen LogP contribution in [0.3, 0.4) is 0 Å². The van der Waals surface area contributed by atoms with Crippen molar-refractivity contribution in [2.45, 2.75) is 6.17 Å². The van der Waals surface area contributed by atoms with Gasteiger partial charge in [0, 0.05) is 0 Å². The maximum atomic E-state index is 11.4. The Bertz CT molecular complexity index is 552. The smallest absolute Gasteiger partial charge is 0.262 e. The fourth-order valence-electron chi connectivity index (χ4n) is 1.88. The van der Waals surface area contributed by atoms with Crippen LogP contribution in [0.15, 0.2) is 36.9 Å². The summed E-state index contributed by atoms with van der Waals surface area (Å²) in [5.41, 5.74) is 7.04. The zero-order valence-corrected chi connectivity index (χ0v) is 8.82. The average Bonchev–Trinajstić information content (AvgIpc) is 2.94. The molecule has 2 aromatic rings. The van der Waals surface area contributed by atoms with Crippen molar-refractivity contribution in [3.63, 3.8) is 0 Å². The maximum absolute atomic E-state index is 11.4. The number of carbonyl (C=O) groups is 1. The zero-order chi connectivity index (χ0) is 11.8. The Morgan fingerprint density at radius 2 is 2.24 bits per heavy atom. The topological polar surface area (TPSA) is 89.1 Å². The molecule has 0 aliphatic carbocycles. The molecule has 0 radical (unpaired) electrons. The largest absolute Gasteiger partial charge is 0.366 e. The Morgan fingerprint density at radius 3 is 2.94 bits per heavy atom. The molecule has 3 N–H and O–H groups in total. The number of fused-ring (bicyclic) bond motifs is 1. The van der Waals surface area contributed by atoms with Gasteiger partial charge in [-0.3, -0.25) is 4.79 Å². The number of nitrogens with zero attached hydrogens (tertiary/aromatic N) is 4. The molecule has 1 aliphatic heterocycles. The lowest BCUT2D eigenvalue weighted by molar-refractivity contribution is -0.118. The summed E-state index contributed by atoms with van der Waals surface area (Å²) >= 11 is 0. The number of hydrogen-bond acceptors (Lipinski definition) is 5. The molecule has 1 atom stereocenters. The van der Waals surface area contributed by atoms with E-state index in [1.807, 2.05) is 24.3 Å². The molecule has 2 heterocycles. The van der Waals surface area contributed by atoms with Gasteiger partial charge in [0.1, 0.15) is 12.7 Å². The molecule has 1 aliphatic rings. The molecule has 0 bridgehead atoms. The summed E-state index contributed by atoms with van der Waals surface area (Å²) in [4.78, 5) is 16.8. The SMILES string of the molecule is NC(=O)C1Nc2ccccc2N1n1cncn1.